The van der Waals surface area contributed by atoms with Crippen LogP contribution < -0.4 is 0 Å². The number of ether oxygens (including phenoxy) is 3. The Balaban J connectivity index is 1.68. The fourth-order valence-electron chi connectivity index (χ4n) is 3.35. The zero-order valence-corrected chi connectivity index (χ0v) is 15.0. The highest BCUT2D eigenvalue weighted by Gasteiger charge is 2.61. The number of carboxylic acids is 1. The van der Waals surface area contributed by atoms with Crippen LogP contribution >= 0.6 is 0 Å². The molecule has 1 saturated heterocycles. The van der Waals surface area contributed by atoms with Crippen molar-refractivity contribution in [2.24, 2.45) is 11.8 Å². The van der Waals surface area contributed by atoms with Crippen molar-refractivity contribution in [2.75, 3.05) is 13.3 Å². The van der Waals surface area contributed by atoms with Crippen LogP contribution in [-0.4, -0.2) is 53.5 Å². The molecule has 1 N–H and O–H groups in total. The molecule has 150 valence electrons. The van der Waals surface area contributed by atoms with Gasteiger partial charge in [-0.1, -0.05) is 24.8 Å². The molecule has 1 aromatic rings. The number of carboxylic acid groups (broad SMARTS) is 1. The van der Waals surface area contributed by atoms with Gasteiger partial charge in [0.1, 0.15) is 12.4 Å². The summed E-state index contributed by atoms with van der Waals surface area (Å²) in [5.74, 6) is -3.44. The SMILES string of the molecule is C=CCOC(=O)N1COC(=O)[C@H](OCc2ccc(F)cc2)C[C@H]2[C@H](C(=O)O)[C@H]21. The van der Waals surface area contributed by atoms with Gasteiger partial charge in [0.05, 0.1) is 18.6 Å². The largest absolute Gasteiger partial charge is 0.481 e. The first-order chi connectivity index (χ1) is 13.4. The van der Waals surface area contributed by atoms with E-state index in [2.05, 4.69) is 6.58 Å². The molecular formula is C19H20FNO7. The number of rotatable bonds is 6. The third kappa shape index (κ3) is 4.30. The zero-order chi connectivity index (χ0) is 20.3. The van der Waals surface area contributed by atoms with E-state index in [1.807, 2.05) is 0 Å². The lowest BCUT2D eigenvalue weighted by Crippen LogP contribution is -2.42. The van der Waals surface area contributed by atoms with Crippen LogP contribution in [0.2, 0.25) is 0 Å². The Bertz CT molecular complexity index is 766. The van der Waals surface area contributed by atoms with E-state index < -0.39 is 48.7 Å². The summed E-state index contributed by atoms with van der Waals surface area (Å²) in [5, 5.41) is 9.43. The number of halogens is 1. The summed E-state index contributed by atoms with van der Waals surface area (Å²) in [6.45, 7) is 3.03. The molecule has 2 fully saturated rings. The maximum Gasteiger partial charge on any atom is 0.413 e. The first-order valence-corrected chi connectivity index (χ1v) is 8.72. The third-order valence-electron chi connectivity index (χ3n) is 4.79. The monoisotopic (exact) mass is 393 g/mol. The van der Waals surface area contributed by atoms with Crippen molar-refractivity contribution in [1.29, 1.82) is 0 Å². The summed E-state index contributed by atoms with van der Waals surface area (Å²) in [5.41, 5.74) is 0.660. The predicted molar refractivity (Wildman–Crippen MR) is 92.3 cm³/mol. The highest BCUT2D eigenvalue weighted by molar-refractivity contribution is 5.80. The van der Waals surface area contributed by atoms with Crippen molar-refractivity contribution in [3.05, 3.63) is 48.3 Å². The molecule has 28 heavy (non-hydrogen) atoms. The Labute approximate surface area is 160 Å². The second-order valence-corrected chi connectivity index (χ2v) is 6.61. The summed E-state index contributed by atoms with van der Waals surface area (Å²) >= 11 is 0. The number of carbonyl (C=O) groups excluding carboxylic acids is 2. The molecule has 2 aliphatic rings. The van der Waals surface area contributed by atoms with Gasteiger partial charge in [0.2, 0.25) is 0 Å². The molecule has 1 aliphatic heterocycles. The second-order valence-electron chi connectivity index (χ2n) is 6.61. The molecule has 4 atom stereocenters. The number of fused-ring (bicyclic) bond motifs is 1. The Kier molecular flexibility index (Phi) is 5.93. The highest BCUT2D eigenvalue weighted by Crippen LogP contribution is 2.48. The molecule has 8 nitrogen and oxygen atoms in total. The highest BCUT2D eigenvalue weighted by atomic mass is 19.1. The number of aliphatic carboxylic acids is 1. The zero-order valence-electron chi connectivity index (χ0n) is 15.0. The maximum absolute atomic E-state index is 13.0. The van der Waals surface area contributed by atoms with Crippen LogP contribution in [-0.2, 0) is 30.4 Å². The predicted octanol–water partition coefficient (Wildman–Crippen LogP) is 1.94. The van der Waals surface area contributed by atoms with Gasteiger partial charge >= 0.3 is 18.0 Å². The minimum atomic E-state index is -1.07. The van der Waals surface area contributed by atoms with Crippen molar-refractivity contribution in [1.82, 2.24) is 4.90 Å². The van der Waals surface area contributed by atoms with Crippen molar-refractivity contribution in [3.8, 4) is 0 Å². The van der Waals surface area contributed by atoms with Gasteiger partial charge in [-0.05, 0) is 30.0 Å². The fraction of sp³-hybridized carbons (Fsp3) is 0.421. The summed E-state index contributed by atoms with van der Waals surface area (Å²) in [6.07, 6.45) is -0.274. The van der Waals surface area contributed by atoms with Gasteiger partial charge in [0.15, 0.2) is 12.8 Å². The summed E-state index contributed by atoms with van der Waals surface area (Å²) in [6, 6.07) is 4.97. The molecule has 1 aliphatic carbocycles. The molecule has 0 spiro atoms. The van der Waals surface area contributed by atoms with Crippen LogP contribution in [0.15, 0.2) is 36.9 Å². The van der Waals surface area contributed by atoms with Gasteiger partial charge in [0.25, 0.3) is 0 Å². The van der Waals surface area contributed by atoms with Crippen molar-refractivity contribution in [2.45, 2.75) is 25.2 Å². The average molecular weight is 393 g/mol. The van der Waals surface area contributed by atoms with E-state index in [4.69, 9.17) is 14.2 Å². The van der Waals surface area contributed by atoms with Gasteiger partial charge in [-0.2, -0.15) is 0 Å². The molecule has 0 bridgehead atoms. The molecule has 1 saturated carbocycles. The number of esters is 1. The number of benzene rings is 1. The topological polar surface area (TPSA) is 102 Å². The lowest BCUT2D eigenvalue weighted by atomic mass is 10.1. The summed E-state index contributed by atoms with van der Waals surface area (Å²) < 4.78 is 28.7. The van der Waals surface area contributed by atoms with Gasteiger partial charge in [-0.3, -0.25) is 9.69 Å². The fourth-order valence-corrected chi connectivity index (χ4v) is 3.35. The molecule has 1 heterocycles. The van der Waals surface area contributed by atoms with Gasteiger partial charge in [0, 0.05) is 0 Å². The first-order valence-electron chi connectivity index (χ1n) is 8.72. The molecular weight excluding hydrogens is 373 g/mol. The minimum Gasteiger partial charge on any atom is -0.481 e. The Morgan fingerprint density at radius 3 is 2.71 bits per heavy atom. The lowest BCUT2D eigenvalue weighted by molar-refractivity contribution is -0.165. The van der Waals surface area contributed by atoms with E-state index >= 15 is 0 Å². The molecule has 0 unspecified atom stereocenters. The van der Waals surface area contributed by atoms with Crippen LogP contribution in [0.5, 0.6) is 0 Å². The smallest absolute Gasteiger partial charge is 0.413 e. The van der Waals surface area contributed by atoms with Crippen molar-refractivity contribution >= 4 is 18.0 Å². The quantitative estimate of drug-likeness (QED) is 0.582. The van der Waals surface area contributed by atoms with Crippen LogP contribution in [0.1, 0.15) is 12.0 Å². The van der Waals surface area contributed by atoms with Crippen LogP contribution in [0.3, 0.4) is 0 Å². The first kappa shape index (κ1) is 19.8. The molecule has 1 amide bonds. The van der Waals surface area contributed by atoms with Gasteiger partial charge in [-0.15, -0.1) is 0 Å². The second kappa shape index (κ2) is 8.39. The third-order valence-corrected chi connectivity index (χ3v) is 4.79. The summed E-state index contributed by atoms with van der Waals surface area (Å²) in [7, 11) is 0. The van der Waals surface area contributed by atoms with Crippen molar-refractivity contribution < 1.29 is 38.1 Å². The van der Waals surface area contributed by atoms with E-state index in [1.165, 1.54) is 30.3 Å². The van der Waals surface area contributed by atoms with E-state index in [-0.39, 0.29) is 25.5 Å². The number of carbonyl (C=O) groups is 3. The normalized spacial score (nSPS) is 26.3. The number of amides is 1. The molecule has 3 rings (SSSR count). The van der Waals surface area contributed by atoms with E-state index in [0.29, 0.717) is 5.56 Å². The van der Waals surface area contributed by atoms with E-state index in [0.717, 1.165) is 4.90 Å². The lowest BCUT2D eigenvalue weighted by Gasteiger charge is -2.26. The number of cyclic esters (lactones) is 1. The summed E-state index contributed by atoms with van der Waals surface area (Å²) in [4.78, 5) is 37.1. The number of hydrogen-bond acceptors (Lipinski definition) is 6. The number of hydrogen-bond donors (Lipinski definition) is 1. The van der Waals surface area contributed by atoms with Gasteiger partial charge in [-0.25, -0.2) is 14.0 Å². The Hall–Kier alpha value is -2.94. The maximum atomic E-state index is 13.0. The number of nitrogens with zero attached hydrogens (tertiary/aromatic N) is 1. The van der Waals surface area contributed by atoms with E-state index in [9.17, 15) is 23.9 Å². The molecule has 0 aromatic heterocycles. The minimum absolute atomic E-state index is 0.0399. The molecule has 0 radical (unpaired) electrons. The standard InChI is InChI=1S/C19H20FNO7/c1-2-7-26-19(25)21-10-28-18(24)14(8-13-15(16(13)21)17(22)23)27-9-11-3-5-12(20)6-4-11/h2-6,13-16H,1,7-10H2,(H,22,23)/t13-,14+,15-,16-/m0/s1. The van der Waals surface area contributed by atoms with E-state index in [1.54, 1.807) is 0 Å². The Morgan fingerprint density at radius 2 is 2.07 bits per heavy atom. The van der Waals surface area contributed by atoms with Crippen molar-refractivity contribution in [3.63, 3.8) is 0 Å². The Morgan fingerprint density at radius 1 is 1.36 bits per heavy atom. The van der Waals surface area contributed by atoms with Crippen LogP contribution in [0, 0.1) is 17.7 Å². The molecule has 9 heteroatoms. The molecule has 1 aromatic carbocycles. The van der Waals surface area contributed by atoms with Crippen LogP contribution in [0.4, 0.5) is 9.18 Å². The average Bonchev–Trinajstić information content (AvgIpc) is 3.36. The van der Waals surface area contributed by atoms with Gasteiger partial charge < -0.3 is 19.3 Å². The van der Waals surface area contributed by atoms with Crippen LogP contribution in [0.25, 0.3) is 0 Å².